The second kappa shape index (κ2) is 4.80. The molecule has 1 aromatic rings. The minimum Gasteiger partial charge on any atom is -0.394 e. The van der Waals surface area contributed by atoms with E-state index in [0.717, 1.165) is 12.1 Å². The fourth-order valence-corrected chi connectivity index (χ4v) is 1.34. The second-order valence-corrected chi connectivity index (χ2v) is 4.53. The molecule has 0 atom stereocenters. The first-order chi connectivity index (χ1) is 7.35. The molecule has 1 amide bonds. The van der Waals surface area contributed by atoms with E-state index < -0.39 is 17.3 Å². The second-order valence-electron chi connectivity index (χ2n) is 4.12. The van der Waals surface area contributed by atoms with E-state index in [2.05, 4.69) is 5.32 Å². The standard InChI is InChI=1S/C11H13ClFNO2/c1-11(2,6-15)14-10(16)8-4-3-7(13)5-9(8)12/h3-5,15H,6H2,1-2H3,(H,14,16). The first-order valence-corrected chi connectivity index (χ1v) is 5.12. The zero-order valence-corrected chi connectivity index (χ0v) is 9.81. The van der Waals surface area contributed by atoms with E-state index in [1.54, 1.807) is 13.8 Å². The van der Waals surface area contributed by atoms with Gasteiger partial charge in [-0.2, -0.15) is 0 Å². The molecule has 0 saturated heterocycles. The van der Waals surface area contributed by atoms with Crippen LogP contribution in [0.4, 0.5) is 4.39 Å². The summed E-state index contributed by atoms with van der Waals surface area (Å²) in [4.78, 5) is 11.7. The van der Waals surface area contributed by atoms with E-state index in [9.17, 15) is 9.18 Å². The predicted octanol–water partition coefficient (Wildman–Crippen LogP) is 1.98. The van der Waals surface area contributed by atoms with Gasteiger partial charge in [0.25, 0.3) is 5.91 Å². The molecule has 0 heterocycles. The van der Waals surface area contributed by atoms with Crippen molar-refractivity contribution in [3.05, 3.63) is 34.6 Å². The molecule has 88 valence electrons. The summed E-state index contributed by atoms with van der Waals surface area (Å²) in [6.45, 7) is 3.14. The van der Waals surface area contributed by atoms with E-state index in [-0.39, 0.29) is 17.2 Å². The maximum Gasteiger partial charge on any atom is 0.253 e. The predicted molar refractivity (Wildman–Crippen MR) is 60.0 cm³/mol. The van der Waals surface area contributed by atoms with Crippen LogP contribution in [0.15, 0.2) is 18.2 Å². The van der Waals surface area contributed by atoms with Gasteiger partial charge in [-0.15, -0.1) is 0 Å². The summed E-state index contributed by atoms with van der Waals surface area (Å²) >= 11 is 5.73. The number of amides is 1. The highest BCUT2D eigenvalue weighted by molar-refractivity contribution is 6.33. The lowest BCUT2D eigenvalue weighted by Gasteiger charge is -2.23. The third-order valence-corrected chi connectivity index (χ3v) is 2.34. The lowest BCUT2D eigenvalue weighted by molar-refractivity contribution is 0.0869. The molecule has 2 N–H and O–H groups in total. The van der Waals surface area contributed by atoms with Gasteiger partial charge in [0, 0.05) is 0 Å². The summed E-state index contributed by atoms with van der Waals surface area (Å²) in [5, 5.41) is 11.6. The van der Waals surface area contributed by atoms with Crippen LogP contribution in [0.2, 0.25) is 5.02 Å². The Bertz CT molecular complexity index is 407. The Labute approximate surface area is 98.2 Å². The Hall–Kier alpha value is -1.13. The molecule has 1 aromatic carbocycles. The Kier molecular flexibility index (Phi) is 3.88. The molecule has 0 aliphatic carbocycles. The van der Waals surface area contributed by atoms with Gasteiger partial charge in [0.2, 0.25) is 0 Å². The lowest BCUT2D eigenvalue weighted by atomic mass is 10.1. The smallest absolute Gasteiger partial charge is 0.253 e. The van der Waals surface area contributed by atoms with Crippen molar-refractivity contribution in [1.29, 1.82) is 0 Å². The molecule has 0 fully saturated rings. The zero-order valence-electron chi connectivity index (χ0n) is 9.05. The molecule has 0 aliphatic rings. The number of aliphatic hydroxyl groups excluding tert-OH is 1. The molecular formula is C11H13ClFNO2. The SMILES string of the molecule is CC(C)(CO)NC(=O)c1ccc(F)cc1Cl. The van der Waals surface area contributed by atoms with Crippen LogP contribution < -0.4 is 5.32 Å². The van der Waals surface area contributed by atoms with Gasteiger partial charge in [-0.25, -0.2) is 4.39 Å². The summed E-state index contributed by atoms with van der Waals surface area (Å²) < 4.78 is 12.8. The van der Waals surface area contributed by atoms with E-state index in [1.165, 1.54) is 6.07 Å². The molecular weight excluding hydrogens is 233 g/mol. The van der Waals surface area contributed by atoms with Crippen LogP contribution in [-0.4, -0.2) is 23.2 Å². The molecule has 5 heteroatoms. The quantitative estimate of drug-likeness (QED) is 0.856. The average molecular weight is 246 g/mol. The first kappa shape index (κ1) is 12.9. The number of aliphatic hydroxyl groups is 1. The van der Waals surface area contributed by atoms with Gasteiger partial charge in [-0.3, -0.25) is 4.79 Å². The summed E-state index contributed by atoms with van der Waals surface area (Å²) in [5.74, 6) is -0.938. The zero-order chi connectivity index (χ0) is 12.3. The van der Waals surface area contributed by atoms with Crippen LogP contribution in [0, 0.1) is 5.82 Å². The number of halogens is 2. The fourth-order valence-electron chi connectivity index (χ4n) is 1.09. The number of nitrogens with one attached hydrogen (secondary N) is 1. The van der Waals surface area contributed by atoms with Crippen LogP contribution in [0.3, 0.4) is 0 Å². The minimum atomic E-state index is -0.741. The number of rotatable bonds is 3. The lowest BCUT2D eigenvalue weighted by Crippen LogP contribution is -2.46. The molecule has 0 spiro atoms. The van der Waals surface area contributed by atoms with Crippen molar-refractivity contribution in [3.8, 4) is 0 Å². The maximum atomic E-state index is 12.8. The minimum absolute atomic E-state index is 0.0474. The third-order valence-electron chi connectivity index (χ3n) is 2.02. The normalized spacial score (nSPS) is 11.3. The van der Waals surface area contributed by atoms with Crippen molar-refractivity contribution in [1.82, 2.24) is 5.32 Å². The van der Waals surface area contributed by atoms with Gasteiger partial charge >= 0.3 is 0 Å². The highest BCUT2D eigenvalue weighted by atomic mass is 35.5. The van der Waals surface area contributed by atoms with Crippen molar-refractivity contribution in [2.75, 3.05) is 6.61 Å². The summed E-state index contributed by atoms with van der Waals surface area (Å²) in [6.07, 6.45) is 0. The van der Waals surface area contributed by atoms with E-state index in [0.29, 0.717) is 0 Å². The molecule has 0 bridgehead atoms. The highest BCUT2D eigenvalue weighted by Gasteiger charge is 2.21. The van der Waals surface area contributed by atoms with Gasteiger partial charge in [0.1, 0.15) is 5.82 Å². The van der Waals surface area contributed by atoms with Crippen LogP contribution in [0.1, 0.15) is 24.2 Å². The van der Waals surface area contributed by atoms with Gasteiger partial charge in [-0.05, 0) is 32.0 Å². The van der Waals surface area contributed by atoms with Crippen molar-refractivity contribution in [2.24, 2.45) is 0 Å². The number of hydrogen-bond donors (Lipinski definition) is 2. The molecule has 0 aliphatic heterocycles. The van der Waals surface area contributed by atoms with Crippen molar-refractivity contribution in [2.45, 2.75) is 19.4 Å². The van der Waals surface area contributed by atoms with Crippen molar-refractivity contribution >= 4 is 17.5 Å². The van der Waals surface area contributed by atoms with E-state index in [1.807, 2.05) is 0 Å². The van der Waals surface area contributed by atoms with Gasteiger partial charge in [0.05, 0.1) is 22.7 Å². The van der Waals surface area contributed by atoms with Crippen LogP contribution >= 0.6 is 11.6 Å². The summed E-state index contributed by atoms with van der Waals surface area (Å²) in [6, 6.07) is 3.54. The maximum absolute atomic E-state index is 12.8. The first-order valence-electron chi connectivity index (χ1n) is 4.74. The molecule has 0 aromatic heterocycles. The molecule has 0 saturated carbocycles. The number of benzene rings is 1. The molecule has 1 rings (SSSR count). The summed E-state index contributed by atoms with van der Waals surface area (Å²) in [7, 11) is 0. The fraction of sp³-hybridized carbons (Fsp3) is 0.364. The summed E-state index contributed by atoms with van der Waals surface area (Å²) in [5.41, 5.74) is -0.556. The Morgan fingerprint density at radius 3 is 2.69 bits per heavy atom. The highest BCUT2D eigenvalue weighted by Crippen LogP contribution is 2.17. The Balaban J connectivity index is 2.89. The largest absolute Gasteiger partial charge is 0.394 e. The van der Waals surface area contributed by atoms with Gasteiger partial charge in [-0.1, -0.05) is 11.6 Å². The molecule has 16 heavy (non-hydrogen) atoms. The number of hydrogen-bond acceptors (Lipinski definition) is 2. The van der Waals surface area contributed by atoms with Crippen LogP contribution in [-0.2, 0) is 0 Å². The number of carbonyl (C=O) groups excluding carboxylic acids is 1. The Morgan fingerprint density at radius 1 is 1.56 bits per heavy atom. The Morgan fingerprint density at radius 2 is 2.19 bits per heavy atom. The van der Waals surface area contributed by atoms with E-state index in [4.69, 9.17) is 16.7 Å². The molecule has 0 unspecified atom stereocenters. The monoisotopic (exact) mass is 245 g/mol. The van der Waals surface area contributed by atoms with Gasteiger partial charge in [0.15, 0.2) is 0 Å². The molecule has 0 radical (unpaired) electrons. The van der Waals surface area contributed by atoms with Crippen molar-refractivity contribution in [3.63, 3.8) is 0 Å². The van der Waals surface area contributed by atoms with Crippen molar-refractivity contribution < 1.29 is 14.3 Å². The van der Waals surface area contributed by atoms with E-state index >= 15 is 0 Å². The van der Waals surface area contributed by atoms with Crippen LogP contribution in [0.5, 0.6) is 0 Å². The number of carbonyl (C=O) groups is 1. The third kappa shape index (κ3) is 3.18. The topological polar surface area (TPSA) is 49.3 Å². The molecule has 3 nitrogen and oxygen atoms in total. The van der Waals surface area contributed by atoms with Crippen LogP contribution in [0.25, 0.3) is 0 Å². The average Bonchev–Trinajstić information content (AvgIpc) is 2.16. The van der Waals surface area contributed by atoms with Gasteiger partial charge < -0.3 is 10.4 Å².